The van der Waals surface area contributed by atoms with E-state index in [0.29, 0.717) is 0 Å². The minimum Gasteiger partial charge on any atom is -0.0917 e. The fourth-order valence-corrected chi connectivity index (χ4v) is 0.857. The van der Waals surface area contributed by atoms with Crippen molar-refractivity contribution in [1.29, 1.82) is 0 Å². The van der Waals surface area contributed by atoms with Gasteiger partial charge in [0.25, 0.3) is 0 Å². The van der Waals surface area contributed by atoms with Gasteiger partial charge in [-0.05, 0) is 32.6 Å². The van der Waals surface area contributed by atoms with Gasteiger partial charge in [-0.1, -0.05) is 37.6 Å². The summed E-state index contributed by atoms with van der Waals surface area (Å²) in [5.41, 5.74) is 0. The van der Waals surface area contributed by atoms with Gasteiger partial charge in [0.15, 0.2) is 0 Å². The Bertz CT molecular complexity index is 109. The van der Waals surface area contributed by atoms with Crippen LogP contribution in [-0.4, -0.2) is 0 Å². The lowest BCUT2D eigenvalue weighted by atomic mass is 10.2. The standard InChI is InChI=1S/C11H19/c1-3-5-7-9-11-10-8-6-4-2/h4,6,9,11H,1,3,5,7-8,10H2,2H3. The van der Waals surface area contributed by atoms with Crippen molar-refractivity contribution in [3.05, 3.63) is 31.2 Å². The predicted molar refractivity (Wildman–Crippen MR) is 52.4 cm³/mol. The summed E-state index contributed by atoms with van der Waals surface area (Å²) in [5, 5.41) is 0. The van der Waals surface area contributed by atoms with Gasteiger partial charge in [0.05, 0.1) is 0 Å². The van der Waals surface area contributed by atoms with Gasteiger partial charge in [-0.25, -0.2) is 0 Å². The average molecular weight is 151 g/mol. The molecule has 0 aromatic carbocycles. The van der Waals surface area contributed by atoms with Crippen LogP contribution in [0, 0.1) is 6.92 Å². The maximum atomic E-state index is 3.79. The highest BCUT2D eigenvalue weighted by atomic mass is 13.8. The van der Waals surface area contributed by atoms with Crippen LogP contribution in [0.1, 0.15) is 39.0 Å². The highest BCUT2D eigenvalue weighted by Crippen LogP contribution is 1.98. The van der Waals surface area contributed by atoms with Crippen molar-refractivity contribution in [2.75, 3.05) is 0 Å². The van der Waals surface area contributed by atoms with E-state index in [2.05, 4.69) is 38.2 Å². The summed E-state index contributed by atoms with van der Waals surface area (Å²) in [4.78, 5) is 0. The molecule has 1 radical (unpaired) electrons. The first-order valence-corrected chi connectivity index (χ1v) is 4.47. The molecule has 11 heavy (non-hydrogen) atoms. The van der Waals surface area contributed by atoms with E-state index in [1.165, 1.54) is 25.7 Å². The maximum Gasteiger partial charge on any atom is -0.0316 e. The first kappa shape index (κ1) is 10.5. The van der Waals surface area contributed by atoms with Crippen LogP contribution in [-0.2, 0) is 0 Å². The van der Waals surface area contributed by atoms with Gasteiger partial charge in [-0.2, -0.15) is 0 Å². The number of hydrogen-bond donors (Lipinski definition) is 0. The van der Waals surface area contributed by atoms with Gasteiger partial charge in [0.1, 0.15) is 0 Å². The molecule has 0 aromatic rings. The third-order valence-corrected chi connectivity index (χ3v) is 1.52. The normalized spacial score (nSPS) is 11.8. The molecule has 0 rings (SSSR count). The third-order valence-electron chi connectivity index (χ3n) is 1.52. The van der Waals surface area contributed by atoms with E-state index in [1.54, 1.807) is 0 Å². The monoisotopic (exact) mass is 151 g/mol. The average Bonchev–Trinajstić information content (AvgIpc) is 2.03. The molecule has 0 bridgehead atoms. The molecule has 0 heteroatoms. The van der Waals surface area contributed by atoms with Crippen LogP contribution in [0.15, 0.2) is 24.3 Å². The van der Waals surface area contributed by atoms with Crippen molar-refractivity contribution in [3.8, 4) is 0 Å². The zero-order valence-electron chi connectivity index (χ0n) is 7.55. The van der Waals surface area contributed by atoms with E-state index in [-0.39, 0.29) is 0 Å². The van der Waals surface area contributed by atoms with E-state index >= 15 is 0 Å². The molecule has 0 unspecified atom stereocenters. The molecule has 0 aliphatic rings. The van der Waals surface area contributed by atoms with E-state index in [1.807, 2.05) is 0 Å². The van der Waals surface area contributed by atoms with Gasteiger partial charge in [-0.15, -0.1) is 0 Å². The van der Waals surface area contributed by atoms with E-state index < -0.39 is 0 Å². The number of allylic oxidation sites excluding steroid dienone is 4. The Morgan fingerprint density at radius 1 is 1.00 bits per heavy atom. The fraction of sp³-hybridized carbons (Fsp3) is 0.545. The van der Waals surface area contributed by atoms with E-state index in [4.69, 9.17) is 0 Å². The molecule has 0 aromatic heterocycles. The topological polar surface area (TPSA) is 0 Å². The first-order valence-electron chi connectivity index (χ1n) is 4.47. The van der Waals surface area contributed by atoms with Crippen LogP contribution in [0.25, 0.3) is 0 Å². The fourth-order valence-electron chi connectivity index (χ4n) is 0.857. The lowest BCUT2D eigenvalue weighted by Gasteiger charge is -1.88. The van der Waals surface area contributed by atoms with Gasteiger partial charge in [-0.3, -0.25) is 0 Å². The van der Waals surface area contributed by atoms with Crippen LogP contribution < -0.4 is 0 Å². The molecule has 0 aliphatic heterocycles. The molecular formula is C11H19. The summed E-state index contributed by atoms with van der Waals surface area (Å²) in [6, 6.07) is 0. The van der Waals surface area contributed by atoms with Gasteiger partial charge >= 0.3 is 0 Å². The quantitative estimate of drug-likeness (QED) is 0.399. The molecular weight excluding hydrogens is 132 g/mol. The molecule has 0 heterocycles. The lowest BCUT2D eigenvalue weighted by Crippen LogP contribution is -1.68. The number of unbranched alkanes of at least 4 members (excludes halogenated alkanes) is 3. The van der Waals surface area contributed by atoms with Gasteiger partial charge in [0, 0.05) is 0 Å². The third kappa shape index (κ3) is 9.48. The van der Waals surface area contributed by atoms with Crippen LogP contribution >= 0.6 is 0 Å². The van der Waals surface area contributed by atoms with E-state index in [9.17, 15) is 0 Å². The molecule has 0 N–H and O–H groups in total. The van der Waals surface area contributed by atoms with Gasteiger partial charge < -0.3 is 0 Å². The SMILES string of the molecule is [CH2]CCCC=CCCC=CC. The van der Waals surface area contributed by atoms with Crippen molar-refractivity contribution >= 4 is 0 Å². The van der Waals surface area contributed by atoms with Crippen LogP contribution in [0.5, 0.6) is 0 Å². The minimum absolute atomic E-state index is 1.05. The largest absolute Gasteiger partial charge is 0.0917 e. The first-order chi connectivity index (χ1) is 5.41. The predicted octanol–water partition coefficient (Wildman–Crippen LogP) is 3.90. The molecule has 0 atom stereocenters. The molecule has 0 fully saturated rings. The molecule has 0 spiro atoms. The smallest absolute Gasteiger partial charge is 0.0316 e. The Labute approximate surface area is 71.0 Å². The van der Waals surface area contributed by atoms with Crippen LogP contribution in [0.4, 0.5) is 0 Å². The van der Waals surface area contributed by atoms with Crippen molar-refractivity contribution in [2.24, 2.45) is 0 Å². The van der Waals surface area contributed by atoms with Crippen molar-refractivity contribution < 1.29 is 0 Å². The summed E-state index contributed by atoms with van der Waals surface area (Å²) < 4.78 is 0. The zero-order valence-corrected chi connectivity index (χ0v) is 7.55. The Morgan fingerprint density at radius 2 is 1.64 bits per heavy atom. The molecule has 0 saturated heterocycles. The lowest BCUT2D eigenvalue weighted by molar-refractivity contribution is 0.860. The highest BCUT2D eigenvalue weighted by molar-refractivity contribution is 4.86. The second kappa shape index (κ2) is 9.48. The summed E-state index contributed by atoms with van der Waals surface area (Å²) in [7, 11) is 0. The van der Waals surface area contributed by atoms with Crippen molar-refractivity contribution in [1.82, 2.24) is 0 Å². The van der Waals surface area contributed by atoms with Crippen LogP contribution in [0.3, 0.4) is 0 Å². The number of rotatable bonds is 6. The molecule has 0 aliphatic carbocycles. The molecule has 63 valence electrons. The Morgan fingerprint density at radius 3 is 2.27 bits per heavy atom. The second-order valence-electron chi connectivity index (χ2n) is 2.61. The maximum absolute atomic E-state index is 3.79. The van der Waals surface area contributed by atoms with Crippen molar-refractivity contribution in [2.45, 2.75) is 39.0 Å². The second-order valence-corrected chi connectivity index (χ2v) is 2.61. The summed E-state index contributed by atoms with van der Waals surface area (Å²) >= 11 is 0. The minimum atomic E-state index is 1.05. The highest BCUT2D eigenvalue weighted by Gasteiger charge is 1.78. The van der Waals surface area contributed by atoms with Crippen molar-refractivity contribution in [3.63, 3.8) is 0 Å². The Balaban J connectivity index is 3.03. The van der Waals surface area contributed by atoms with Gasteiger partial charge in [0.2, 0.25) is 0 Å². The summed E-state index contributed by atoms with van der Waals surface area (Å²) in [6.45, 7) is 5.85. The molecule has 0 saturated carbocycles. The summed E-state index contributed by atoms with van der Waals surface area (Å²) in [5.74, 6) is 0. The molecule has 0 nitrogen and oxygen atoms in total. The Kier molecular flexibility index (Phi) is 9.03. The summed E-state index contributed by atoms with van der Waals surface area (Å²) in [6.07, 6.45) is 14.7. The number of hydrogen-bond acceptors (Lipinski definition) is 0. The Hall–Kier alpha value is -0.520. The molecule has 0 amide bonds. The zero-order chi connectivity index (χ0) is 8.36. The van der Waals surface area contributed by atoms with E-state index in [0.717, 1.165) is 6.42 Å². The van der Waals surface area contributed by atoms with Crippen LogP contribution in [0.2, 0.25) is 0 Å².